The molecule has 0 aliphatic rings. The van der Waals surface area contributed by atoms with E-state index in [4.69, 9.17) is 9.84 Å². The summed E-state index contributed by atoms with van der Waals surface area (Å²) in [5.74, 6) is 1.17. The summed E-state index contributed by atoms with van der Waals surface area (Å²) in [6.07, 6.45) is 2.04. The molecular weight excluding hydrogens is 254 g/mol. The van der Waals surface area contributed by atoms with E-state index in [0.29, 0.717) is 25.5 Å². The zero-order chi connectivity index (χ0) is 14.8. The van der Waals surface area contributed by atoms with Crippen LogP contribution in [0, 0.1) is 12.8 Å². The van der Waals surface area contributed by atoms with Crippen LogP contribution in [0.5, 0.6) is 5.75 Å². The molecule has 1 unspecified atom stereocenters. The van der Waals surface area contributed by atoms with Crippen molar-refractivity contribution in [1.82, 2.24) is 5.32 Å². The average molecular weight is 279 g/mol. The number of ether oxygens (including phenoxy) is 1. The highest BCUT2D eigenvalue weighted by Crippen LogP contribution is 2.16. The highest BCUT2D eigenvalue weighted by atomic mass is 16.5. The van der Waals surface area contributed by atoms with E-state index in [0.717, 1.165) is 24.2 Å². The van der Waals surface area contributed by atoms with Crippen LogP contribution in [-0.2, 0) is 4.79 Å². The molecule has 0 spiro atoms. The maximum absolute atomic E-state index is 11.7. The second-order valence-corrected chi connectivity index (χ2v) is 4.95. The topological polar surface area (TPSA) is 58.6 Å². The number of hydrogen-bond donors (Lipinski definition) is 2. The van der Waals surface area contributed by atoms with Gasteiger partial charge in [-0.05, 0) is 30.9 Å². The lowest BCUT2D eigenvalue weighted by Crippen LogP contribution is -2.30. The second-order valence-electron chi connectivity index (χ2n) is 4.95. The molecule has 20 heavy (non-hydrogen) atoms. The van der Waals surface area contributed by atoms with Crippen molar-refractivity contribution in [2.45, 2.75) is 33.1 Å². The molecule has 0 bridgehead atoms. The van der Waals surface area contributed by atoms with Gasteiger partial charge in [-0.15, -0.1) is 0 Å². The Balaban J connectivity index is 2.22. The molecule has 0 radical (unpaired) electrons. The molecule has 0 heterocycles. The van der Waals surface area contributed by atoms with Gasteiger partial charge in [-0.25, -0.2) is 0 Å². The monoisotopic (exact) mass is 279 g/mol. The Morgan fingerprint density at radius 1 is 1.40 bits per heavy atom. The molecule has 0 saturated carbocycles. The highest BCUT2D eigenvalue weighted by Gasteiger charge is 2.08. The summed E-state index contributed by atoms with van der Waals surface area (Å²) in [7, 11) is 0. The third-order valence-corrected chi connectivity index (χ3v) is 3.38. The minimum absolute atomic E-state index is 0.00465. The van der Waals surface area contributed by atoms with Gasteiger partial charge in [0.25, 0.3) is 0 Å². The van der Waals surface area contributed by atoms with Crippen molar-refractivity contribution >= 4 is 5.91 Å². The predicted molar refractivity (Wildman–Crippen MR) is 79.8 cm³/mol. The number of nitrogens with one attached hydrogen (secondary N) is 1. The third-order valence-electron chi connectivity index (χ3n) is 3.38. The van der Waals surface area contributed by atoms with E-state index in [1.807, 2.05) is 31.2 Å². The van der Waals surface area contributed by atoms with Gasteiger partial charge in [-0.3, -0.25) is 4.79 Å². The molecule has 0 aliphatic carbocycles. The summed E-state index contributed by atoms with van der Waals surface area (Å²) >= 11 is 0. The molecule has 4 nitrogen and oxygen atoms in total. The fraction of sp³-hybridized carbons (Fsp3) is 0.562. The molecule has 0 aromatic heterocycles. The van der Waals surface area contributed by atoms with Crippen molar-refractivity contribution in [3.8, 4) is 5.75 Å². The van der Waals surface area contributed by atoms with Gasteiger partial charge in [-0.1, -0.05) is 31.5 Å². The lowest BCUT2D eigenvalue weighted by Gasteiger charge is -2.14. The van der Waals surface area contributed by atoms with Crippen LogP contribution in [0.2, 0.25) is 0 Å². The molecule has 1 amide bonds. The summed E-state index contributed by atoms with van der Waals surface area (Å²) in [5.41, 5.74) is 1.07. The lowest BCUT2D eigenvalue weighted by molar-refractivity contribution is -0.121. The van der Waals surface area contributed by atoms with Gasteiger partial charge < -0.3 is 15.2 Å². The smallest absolute Gasteiger partial charge is 0.223 e. The summed E-state index contributed by atoms with van der Waals surface area (Å²) in [6, 6.07) is 7.77. The van der Waals surface area contributed by atoms with E-state index in [9.17, 15) is 4.79 Å². The van der Waals surface area contributed by atoms with Crippen LogP contribution < -0.4 is 10.1 Å². The zero-order valence-electron chi connectivity index (χ0n) is 12.4. The van der Waals surface area contributed by atoms with Crippen molar-refractivity contribution < 1.29 is 14.6 Å². The minimum Gasteiger partial charge on any atom is -0.493 e. The van der Waals surface area contributed by atoms with Crippen LogP contribution in [0.1, 0.15) is 31.7 Å². The van der Waals surface area contributed by atoms with Crippen molar-refractivity contribution in [2.75, 3.05) is 19.8 Å². The molecule has 1 rings (SSSR count). The summed E-state index contributed by atoms with van der Waals surface area (Å²) in [4.78, 5) is 11.7. The van der Waals surface area contributed by atoms with Gasteiger partial charge in [0.15, 0.2) is 0 Å². The number of aliphatic hydroxyl groups excluding tert-OH is 1. The maximum Gasteiger partial charge on any atom is 0.223 e. The van der Waals surface area contributed by atoms with E-state index in [1.165, 1.54) is 0 Å². The van der Waals surface area contributed by atoms with E-state index in [-0.39, 0.29) is 12.5 Å². The minimum atomic E-state index is -0.00465. The number of benzene rings is 1. The van der Waals surface area contributed by atoms with Crippen LogP contribution in [0.3, 0.4) is 0 Å². The van der Waals surface area contributed by atoms with Crippen LogP contribution in [0.4, 0.5) is 0 Å². The van der Waals surface area contributed by atoms with Gasteiger partial charge in [0.2, 0.25) is 5.91 Å². The van der Waals surface area contributed by atoms with Gasteiger partial charge in [0, 0.05) is 13.2 Å². The van der Waals surface area contributed by atoms with Gasteiger partial charge in [0.05, 0.1) is 13.0 Å². The Bertz CT molecular complexity index is 406. The highest BCUT2D eigenvalue weighted by molar-refractivity contribution is 5.75. The maximum atomic E-state index is 11.7. The molecule has 1 aromatic carbocycles. The number of rotatable bonds is 9. The predicted octanol–water partition coefficient (Wildman–Crippen LogP) is 2.29. The molecule has 1 atom stereocenters. The molecule has 2 N–H and O–H groups in total. The first-order valence-electron chi connectivity index (χ1n) is 7.23. The largest absolute Gasteiger partial charge is 0.493 e. The standard InChI is InChI=1S/C16H25NO3/c1-3-14(8-10-18)12-17-16(19)9-11-20-15-7-5-4-6-13(15)2/h4-7,14,18H,3,8-12H2,1-2H3,(H,17,19). The quantitative estimate of drug-likeness (QED) is 0.729. The SMILES string of the molecule is CCC(CCO)CNC(=O)CCOc1ccccc1C. The molecule has 4 heteroatoms. The lowest BCUT2D eigenvalue weighted by atomic mass is 10.0. The molecule has 112 valence electrons. The van der Waals surface area contributed by atoms with Crippen molar-refractivity contribution in [3.63, 3.8) is 0 Å². The van der Waals surface area contributed by atoms with Crippen LogP contribution >= 0.6 is 0 Å². The van der Waals surface area contributed by atoms with E-state index >= 15 is 0 Å². The Labute approximate surface area is 121 Å². The van der Waals surface area contributed by atoms with Crippen LogP contribution in [-0.4, -0.2) is 30.8 Å². The Morgan fingerprint density at radius 2 is 2.15 bits per heavy atom. The molecule has 0 saturated heterocycles. The van der Waals surface area contributed by atoms with Crippen molar-refractivity contribution in [3.05, 3.63) is 29.8 Å². The van der Waals surface area contributed by atoms with E-state index in [2.05, 4.69) is 12.2 Å². The first-order chi connectivity index (χ1) is 9.67. The number of hydrogen-bond acceptors (Lipinski definition) is 3. The van der Waals surface area contributed by atoms with Crippen LogP contribution in [0.25, 0.3) is 0 Å². The molecule has 0 fully saturated rings. The first kappa shape index (κ1) is 16.5. The Hall–Kier alpha value is -1.55. The molecule has 1 aromatic rings. The number of aryl methyl sites for hydroxylation is 1. The van der Waals surface area contributed by atoms with Gasteiger partial charge in [-0.2, -0.15) is 0 Å². The van der Waals surface area contributed by atoms with Gasteiger partial charge in [0.1, 0.15) is 5.75 Å². The summed E-state index contributed by atoms with van der Waals surface area (Å²) < 4.78 is 5.59. The van der Waals surface area contributed by atoms with Crippen molar-refractivity contribution in [2.24, 2.45) is 5.92 Å². The fourth-order valence-electron chi connectivity index (χ4n) is 1.95. The third kappa shape index (κ3) is 6.06. The Kier molecular flexibility index (Phi) is 7.73. The fourth-order valence-corrected chi connectivity index (χ4v) is 1.95. The number of amides is 1. The number of aliphatic hydroxyl groups is 1. The average Bonchev–Trinajstić information content (AvgIpc) is 2.45. The molecule has 0 aliphatic heterocycles. The zero-order valence-corrected chi connectivity index (χ0v) is 12.4. The summed E-state index contributed by atoms with van der Waals surface area (Å²) in [5, 5.41) is 11.8. The van der Waals surface area contributed by atoms with Crippen molar-refractivity contribution in [1.29, 1.82) is 0 Å². The van der Waals surface area contributed by atoms with E-state index < -0.39 is 0 Å². The normalized spacial score (nSPS) is 11.9. The van der Waals surface area contributed by atoms with Gasteiger partial charge >= 0.3 is 0 Å². The summed E-state index contributed by atoms with van der Waals surface area (Å²) in [6.45, 7) is 5.22. The van der Waals surface area contributed by atoms with E-state index in [1.54, 1.807) is 0 Å². The molecular formula is C16H25NO3. The number of para-hydroxylation sites is 1. The Morgan fingerprint density at radius 3 is 2.80 bits per heavy atom. The number of carbonyl (C=O) groups excluding carboxylic acids is 1. The first-order valence-corrected chi connectivity index (χ1v) is 7.23. The second kappa shape index (κ2) is 9.37. The van der Waals surface area contributed by atoms with Crippen LogP contribution in [0.15, 0.2) is 24.3 Å². The number of carbonyl (C=O) groups is 1.